The van der Waals surface area contributed by atoms with Crippen LogP contribution in [0.1, 0.15) is 58.5 Å². The number of hydrogen-bond acceptors (Lipinski definition) is 10. The van der Waals surface area contributed by atoms with Crippen LogP contribution in [0.25, 0.3) is 11.5 Å². The fourth-order valence-corrected chi connectivity index (χ4v) is 4.95. The van der Waals surface area contributed by atoms with Crippen molar-refractivity contribution in [1.82, 2.24) is 15.0 Å². The Labute approximate surface area is 228 Å². The average molecular weight is 553 g/mol. The van der Waals surface area contributed by atoms with E-state index in [2.05, 4.69) is 15.5 Å². The third-order valence-electron chi connectivity index (χ3n) is 5.97. The Hall–Kier alpha value is -4.32. The van der Waals surface area contributed by atoms with Crippen LogP contribution in [0.15, 0.2) is 52.4 Å². The van der Waals surface area contributed by atoms with E-state index in [4.69, 9.17) is 14.0 Å². The molecule has 204 valence electrons. The van der Waals surface area contributed by atoms with Gasteiger partial charge in [0.05, 0.1) is 23.8 Å². The number of amides is 2. The van der Waals surface area contributed by atoms with E-state index in [1.54, 1.807) is 43.0 Å². The molecule has 1 N–H and O–H groups in total. The third-order valence-corrected chi connectivity index (χ3v) is 6.97. The van der Waals surface area contributed by atoms with Gasteiger partial charge in [-0.1, -0.05) is 5.16 Å². The van der Waals surface area contributed by atoms with E-state index in [1.165, 1.54) is 29.6 Å². The number of thiazole rings is 1. The van der Waals surface area contributed by atoms with Crippen LogP contribution in [0.2, 0.25) is 0 Å². The molecule has 11 nitrogen and oxygen atoms in total. The summed E-state index contributed by atoms with van der Waals surface area (Å²) in [7, 11) is 0. The Morgan fingerprint density at radius 3 is 2.44 bits per heavy atom. The van der Waals surface area contributed by atoms with Gasteiger partial charge < -0.3 is 24.2 Å². The topological polar surface area (TPSA) is 141 Å². The SMILES string of the molecule is CCOC(=O)c1ccc(NC(=O)C=CC(=O)N2CCC(c3nc(-c4cc(C(=O)OCC)no4)cs3)CC2)cc1. The number of anilines is 1. The summed E-state index contributed by atoms with van der Waals surface area (Å²) in [6, 6.07) is 7.82. The molecular weight excluding hydrogens is 524 g/mol. The molecule has 0 spiro atoms. The molecule has 4 rings (SSSR count). The van der Waals surface area contributed by atoms with Gasteiger partial charge in [-0.3, -0.25) is 9.59 Å². The molecule has 0 radical (unpaired) electrons. The Morgan fingerprint density at radius 2 is 1.74 bits per heavy atom. The van der Waals surface area contributed by atoms with E-state index in [-0.39, 0.29) is 30.7 Å². The second-order valence-corrected chi connectivity index (χ2v) is 9.48. The van der Waals surface area contributed by atoms with Crippen molar-refractivity contribution in [2.24, 2.45) is 0 Å². The van der Waals surface area contributed by atoms with Crippen molar-refractivity contribution in [3.8, 4) is 11.5 Å². The van der Waals surface area contributed by atoms with E-state index in [0.717, 1.165) is 17.8 Å². The molecule has 2 aromatic heterocycles. The van der Waals surface area contributed by atoms with Gasteiger partial charge in [0, 0.05) is 48.3 Å². The Balaban J connectivity index is 1.25. The molecule has 1 aromatic carbocycles. The number of likely N-dealkylation sites (tertiary alicyclic amines) is 1. The summed E-state index contributed by atoms with van der Waals surface area (Å²) in [5, 5.41) is 9.19. The lowest BCUT2D eigenvalue weighted by molar-refractivity contribution is -0.127. The molecule has 1 saturated heterocycles. The number of esters is 2. The maximum atomic E-state index is 12.6. The van der Waals surface area contributed by atoms with Crippen LogP contribution in [-0.4, -0.2) is 65.1 Å². The quantitative estimate of drug-likeness (QED) is 0.307. The number of nitrogens with zero attached hydrogens (tertiary/aromatic N) is 3. The number of rotatable bonds is 9. The summed E-state index contributed by atoms with van der Waals surface area (Å²) in [6.45, 7) is 5.05. The lowest BCUT2D eigenvalue weighted by Crippen LogP contribution is -2.37. The van der Waals surface area contributed by atoms with E-state index in [1.807, 2.05) is 5.38 Å². The van der Waals surface area contributed by atoms with Gasteiger partial charge in [0.15, 0.2) is 11.5 Å². The molecular formula is C27H28N4O7S. The van der Waals surface area contributed by atoms with Gasteiger partial charge in [-0.2, -0.15) is 0 Å². The van der Waals surface area contributed by atoms with E-state index >= 15 is 0 Å². The van der Waals surface area contributed by atoms with Crippen LogP contribution in [0.4, 0.5) is 5.69 Å². The minimum atomic E-state index is -0.545. The van der Waals surface area contributed by atoms with E-state index in [9.17, 15) is 19.2 Å². The number of carbonyl (C=O) groups excluding carboxylic acids is 4. The van der Waals surface area contributed by atoms with Crippen LogP contribution < -0.4 is 5.32 Å². The summed E-state index contributed by atoms with van der Waals surface area (Å²) in [5.41, 5.74) is 1.58. The third kappa shape index (κ3) is 7.17. The van der Waals surface area contributed by atoms with Crippen LogP contribution in [0.5, 0.6) is 0 Å². The van der Waals surface area contributed by atoms with Crippen molar-refractivity contribution in [3.63, 3.8) is 0 Å². The fourth-order valence-electron chi connectivity index (χ4n) is 3.97. The molecule has 3 heterocycles. The van der Waals surface area contributed by atoms with Gasteiger partial charge >= 0.3 is 11.9 Å². The van der Waals surface area contributed by atoms with Crippen molar-refractivity contribution < 1.29 is 33.2 Å². The van der Waals surface area contributed by atoms with Crippen LogP contribution in [-0.2, 0) is 19.1 Å². The number of piperidine rings is 1. The molecule has 1 aliphatic rings. The second kappa shape index (κ2) is 13.0. The minimum Gasteiger partial charge on any atom is -0.462 e. The maximum Gasteiger partial charge on any atom is 0.360 e. The highest BCUT2D eigenvalue weighted by Gasteiger charge is 2.26. The predicted molar refractivity (Wildman–Crippen MR) is 142 cm³/mol. The Kier molecular flexibility index (Phi) is 9.21. The summed E-state index contributed by atoms with van der Waals surface area (Å²) < 4.78 is 15.1. The zero-order valence-corrected chi connectivity index (χ0v) is 22.4. The normalized spacial score (nSPS) is 13.8. The zero-order chi connectivity index (χ0) is 27.8. The van der Waals surface area contributed by atoms with E-state index < -0.39 is 17.8 Å². The number of carbonyl (C=O) groups is 4. The summed E-state index contributed by atoms with van der Waals surface area (Å²) in [6.07, 6.45) is 3.92. The van der Waals surface area contributed by atoms with Crippen molar-refractivity contribution >= 4 is 40.8 Å². The molecule has 2 amide bonds. The van der Waals surface area contributed by atoms with E-state index in [0.29, 0.717) is 35.8 Å². The van der Waals surface area contributed by atoms with Gasteiger partial charge in [0.1, 0.15) is 5.69 Å². The number of benzene rings is 1. The van der Waals surface area contributed by atoms with Gasteiger partial charge in [-0.15, -0.1) is 11.3 Å². The summed E-state index contributed by atoms with van der Waals surface area (Å²) >= 11 is 1.50. The molecule has 1 aliphatic heterocycles. The average Bonchev–Trinajstić information content (AvgIpc) is 3.63. The van der Waals surface area contributed by atoms with Gasteiger partial charge in [0.25, 0.3) is 0 Å². The molecule has 3 aromatic rings. The highest BCUT2D eigenvalue weighted by atomic mass is 32.1. The largest absolute Gasteiger partial charge is 0.462 e. The molecule has 0 bridgehead atoms. The van der Waals surface area contributed by atoms with Crippen molar-refractivity contribution in [1.29, 1.82) is 0 Å². The predicted octanol–water partition coefficient (Wildman–Crippen LogP) is 4.05. The molecule has 39 heavy (non-hydrogen) atoms. The molecule has 12 heteroatoms. The first-order valence-corrected chi connectivity index (χ1v) is 13.4. The van der Waals surface area contributed by atoms with Gasteiger partial charge in [-0.25, -0.2) is 14.6 Å². The number of aromatic nitrogens is 2. The summed E-state index contributed by atoms with van der Waals surface area (Å²) in [4.78, 5) is 54.7. The molecule has 1 fully saturated rings. The first-order valence-electron chi connectivity index (χ1n) is 12.5. The Bertz CT molecular complexity index is 1350. The highest BCUT2D eigenvalue weighted by molar-refractivity contribution is 7.10. The molecule has 0 saturated carbocycles. The highest BCUT2D eigenvalue weighted by Crippen LogP contribution is 2.33. The first kappa shape index (κ1) is 27.7. The minimum absolute atomic E-state index is 0.0989. The zero-order valence-electron chi connectivity index (χ0n) is 21.5. The van der Waals surface area contributed by atoms with Crippen molar-refractivity contribution in [2.45, 2.75) is 32.6 Å². The molecule has 0 aliphatic carbocycles. The smallest absolute Gasteiger partial charge is 0.360 e. The van der Waals surface area contributed by atoms with Crippen molar-refractivity contribution in [2.75, 3.05) is 31.6 Å². The standard InChI is InChI=1S/C27H28N4O7S/c1-3-36-26(34)18-5-7-19(8-6-18)28-23(32)9-10-24(33)31-13-11-17(12-14-31)25-29-21(16-39-25)22-15-20(30-38-22)27(35)37-4-2/h5-10,15-17H,3-4,11-14H2,1-2H3,(H,28,32). The number of ether oxygens (including phenoxy) is 2. The fraction of sp³-hybridized carbons (Fsp3) is 0.333. The van der Waals surface area contributed by atoms with Crippen LogP contribution >= 0.6 is 11.3 Å². The monoisotopic (exact) mass is 552 g/mol. The van der Waals surface area contributed by atoms with Crippen LogP contribution in [0, 0.1) is 0 Å². The van der Waals surface area contributed by atoms with Crippen molar-refractivity contribution in [3.05, 3.63) is 64.1 Å². The summed E-state index contributed by atoms with van der Waals surface area (Å²) in [5.74, 6) is -1.09. The maximum absolute atomic E-state index is 12.6. The lowest BCUT2D eigenvalue weighted by atomic mass is 9.97. The second-order valence-electron chi connectivity index (χ2n) is 8.59. The molecule has 0 unspecified atom stereocenters. The van der Waals surface area contributed by atoms with Crippen LogP contribution in [0.3, 0.4) is 0 Å². The number of nitrogens with one attached hydrogen (secondary N) is 1. The molecule has 0 atom stereocenters. The Morgan fingerprint density at radius 1 is 1.05 bits per heavy atom. The van der Waals surface area contributed by atoms with Gasteiger partial charge in [0.2, 0.25) is 11.8 Å². The lowest BCUT2D eigenvalue weighted by Gasteiger charge is -2.30. The first-order chi connectivity index (χ1) is 18.9. The van der Waals surface area contributed by atoms with Gasteiger partial charge in [-0.05, 0) is 51.0 Å². The number of hydrogen-bond donors (Lipinski definition) is 1.